The second-order valence-corrected chi connectivity index (χ2v) is 9.47. The van der Waals surface area contributed by atoms with Crippen LogP contribution >= 0.6 is 23.2 Å². The fourth-order valence-corrected chi connectivity index (χ4v) is 5.01. The molecule has 2 N–H and O–H groups in total. The Labute approximate surface area is 198 Å². The summed E-state index contributed by atoms with van der Waals surface area (Å²) in [7, 11) is 1.78. The van der Waals surface area contributed by atoms with Crippen LogP contribution in [0, 0.1) is 0 Å². The molecule has 1 amide bonds. The fraction of sp³-hybridized carbons (Fsp3) is 0.417. The monoisotopic (exact) mass is 477 g/mol. The van der Waals surface area contributed by atoms with Gasteiger partial charge in [-0.25, -0.2) is 0 Å². The zero-order valence-corrected chi connectivity index (χ0v) is 20.3. The molecule has 1 aromatic heterocycles. The zero-order chi connectivity index (χ0) is 24.0. The molecule has 172 valence electrons. The van der Waals surface area contributed by atoms with Crippen LogP contribution in [0.3, 0.4) is 0 Å². The Morgan fingerprint density at radius 2 is 2.03 bits per heavy atom. The number of hydrogen-bond acceptors (Lipinski definition) is 4. The highest BCUT2D eigenvalue weighted by Gasteiger charge is 2.38. The third-order valence-corrected chi connectivity index (χ3v) is 6.84. The van der Waals surface area contributed by atoms with Crippen molar-refractivity contribution in [3.63, 3.8) is 0 Å². The molecule has 0 aliphatic carbocycles. The molecule has 3 rings (SSSR count). The van der Waals surface area contributed by atoms with Crippen LogP contribution in [-0.4, -0.2) is 55.1 Å². The number of carbonyl (C=O) groups excluding carboxylic acids is 1. The third-order valence-electron chi connectivity index (χ3n) is 6.22. The predicted molar refractivity (Wildman–Crippen MR) is 129 cm³/mol. The average Bonchev–Trinajstić information content (AvgIpc) is 3.01. The molecule has 8 heteroatoms. The Morgan fingerprint density at radius 1 is 1.38 bits per heavy atom. The molecule has 0 saturated carbocycles. The predicted octanol–water partition coefficient (Wildman–Crippen LogP) is 4.21. The van der Waals surface area contributed by atoms with Gasteiger partial charge < -0.3 is 15.1 Å². The van der Waals surface area contributed by atoms with E-state index >= 15 is 0 Å². The first kappa shape index (κ1) is 24.5. The molecule has 0 bridgehead atoms. The van der Waals surface area contributed by atoms with Gasteiger partial charge in [-0.15, -0.1) is 0 Å². The Kier molecular flexibility index (Phi) is 6.91. The summed E-state index contributed by atoms with van der Waals surface area (Å²) in [4.78, 5) is 15.2. The van der Waals surface area contributed by atoms with Crippen LogP contribution in [0.5, 0.6) is 0 Å². The Morgan fingerprint density at radius 3 is 2.59 bits per heavy atom. The zero-order valence-electron chi connectivity index (χ0n) is 18.8. The van der Waals surface area contributed by atoms with Gasteiger partial charge in [0.15, 0.2) is 5.15 Å². The van der Waals surface area contributed by atoms with Gasteiger partial charge in [-0.05, 0) is 61.6 Å². The number of halogens is 2. The Bertz CT molecular complexity index is 1130. The van der Waals surface area contributed by atoms with Gasteiger partial charge in [-0.3, -0.25) is 9.48 Å². The summed E-state index contributed by atoms with van der Waals surface area (Å²) in [6.45, 7) is 13.0. The van der Waals surface area contributed by atoms with Crippen LogP contribution in [-0.2, 0) is 18.3 Å². The maximum atomic E-state index is 13.6. The number of carbonyl (C=O) groups is 1. The van der Waals surface area contributed by atoms with Crippen molar-refractivity contribution in [1.29, 1.82) is 0 Å². The van der Waals surface area contributed by atoms with Gasteiger partial charge in [0.2, 0.25) is 5.91 Å². The van der Waals surface area contributed by atoms with Gasteiger partial charge in [0.25, 0.3) is 0 Å². The molecule has 2 aromatic rings. The molecule has 0 radical (unpaired) electrons. The molecule has 2 heterocycles. The topological polar surface area (TPSA) is 78.6 Å². The second-order valence-electron chi connectivity index (χ2n) is 8.70. The van der Waals surface area contributed by atoms with Gasteiger partial charge in [0.1, 0.15) is 0 Å². The number of nitrogens with zero attached hydrogens (tertiary/aromatic N) is 3. The van der Waals surface area contributed by atoms with E-state index in [-0.39, 0.29) is 30.1 Å². The van der Waals surface area contributed by atoms with E-state index in [0.717, 1.165) is 16.7 Å². The number of aromatic nitrogens is 2. The van der Waals surface area contributed by atoms with Gasteiger partial charge >= 0.3 is 0 Å². The first-order valence-electron chi connectivity index (χ1n) is 10.4. The Hall–Kier alpha value is -2.12. The van der Waals surface area contributed by atoms with Crippen LogP contribution < -0.4 is 0 Å². The van der Waals surface area contributed by atoms with Crippen molar-refractivity contribution < 1.29 is 15.0 Å². The van der Waals surface area contributed by atoms with E-state index in [1.165, 1.54) is 0 Å². The summed E-state index contributed by atoms with van der Waals surface area (Å²) in [5.74, 6) is -0.196. The molecule has 6 nitrogen and oxygen atoms in total. The molecule has 0 spiro atoms. The van der Waals surface area contributed by atoms with Crippen molar-refractivity contribution in [2.45, 2.75) is 51.3 Å². The number of benzene rings is 1. The lowest BCUT2D eigenvalue weighted by molar-refractivity contribution is -0.135. The maximum Gasteiger partial charge on any atom is 0.227 e. The lowest BCUT2D eigenvalue weighted by atomic mass is 9.80. The first-order valence-corrected chi connectivity index (χ1v) is 11.2. The van der Waals surface area contributed by atoms with Crippen LogP contribution in [0.2, 0.25) is 10.2 Å². The largest absolute Gasteiger partial charge is 0.394 e. The van der Waals surface area contributed by atoms with E-state index < -0.39 is 11.6 Å². The molecule has 1 aromatic carbocycles. The van der Waals surface area contributed by atoms with Crippen molar-refractivity contribution in [2.24, 2.45) is 7.05 Å². The Balaban J connectivity index is 2.03. The summed E-state index contributed by atoms with van der Waals surface area (Å²) >= 11 is 12.8. The summed E-state index contributed by atoms with van der Waals surface area (Å²) in [6.07, 6.45) is 2.06. The van der Waals surface area contributed by atoms with Crippen molar-refractivity contribution in [2.75, 3.05) is 6.61 Å². The minimum Gasteiger partial charge on any atom is -0.394 e. The van der Waals surface area contributed by atoms with E-state index in [1.807, 2.05) is 13.0 Å². The van der Waals surface area contributed by atoms with Gasteiger partial charge in [0, 0.05) is 17.5 Å². The van der Waals surface area contributed by atoms with Crippen molar-refractivity contribution in [1.82, 2.24) is 14.7 Å². The maximum absolute atomic E-state index is 13.6. The van der Waals surface area contributed by atoms with Gasteiger partial charge in [0.05, 0.1) is 36.2 Å². The SMILES string of the molecule is C=CC1=C(C(=C)C(C)(C)O)C[C@H](CO)N(C(=O)Cc2c(Cl)ccc3c2c(Cl)nn3C)C1C. The van der Waals surface area contributed by atoms with E-state index in [4.69, 9.17) is 23.2 Å². The number of aliphatic hydroxyl groups excluding tert-OH is 1. The number of aliphatic hydroxyl groups is 2. The summed E-state index contributed by atoms with van der Waals surface area (Å²) < 4.78 is 1.65. The van der Waals surface area contributed by atoms with E-state index in [1.54, 1.807) is 42.6 Å². The smallest absolute Gasteiger partial charge is 0.227 e. The first-order chi connectivity index (χ1) is 14.9. The number of rotatable bonds is 6. The summed E-state index contributed by atoms with van der Waals surface area (Å²) in [6, 6.07) is 2.70. The fourth-order valence-electron chi connectivity index (χ4n) is 4.46. The minimum absolute atomic E-state index is 0.00855. The van der Waals surface area contributed by atoms with Crippen molar-refractivity contribution in [3.05, 3.63) is 63.8 Å². The highest BCUT2D eigenvalue weighted by atomic mass is 35.5. The van der Waals surface area contributed by atoms with E-state index in [0.29, 0.717) is 28.0 Å². The van der Waals surface area contributed by atoms with Crippen molar-refractivity contribution in [3.8, 4) is 0 Å². The van der Waals surface area contributed by atoms with Crippen LogP contribution in [0.15, 0.2) is 48.1 Å². The highest BCUT2D eigenvalue weighted by Crippen LogP contribution is 2.38. The second kappa shape index (κ2) is 9.02. The molecule has 1 aliphatic heterocycles. The molecule has 1 unspecified atom stereocenters. The normalized spacial score (nSPS) is 19.6. The number of fused-ring (bicyclic) bond motifs is 1. The molecule has 0 saturated heterocycles. The highest BCUT2D eigenvalue weighted by molar-refractivity contribution is 6.37. The number of hydrogen-bond donors (Lipinski definition) is 2. The minimum atomic E-state index is -1.13. The summed E-state index contributed by atoms with van der Waals surface area (Å²) in [5, 5.41) is 26.2. The average molecular weight is 478 g/mol. The molecule has 1 aliphatic rings. The van der Waals surface area contributed by atoms with Gasteiger partial charge in [-0.2, -0.15) is 5.10 Å². The molecular weight excluding hydrogens is 449 g/mol. The van der Waals surface area contributed by atoms with E-state index in [9.17, 15) is 15.0 Å². The standard InChI is InChI=1S/C24H29Cl2N3O3/c1-7-16-14(3)29(15(12-30)10-17(16)13(2)24(4,5)32)21(31)11-18-19(25)8-9-20-22(18)23(26)27-28(20)6/h7-9,14-15,30,32H,1-2,10-12H2,3-6H3/t14?,15-/m1/s1. The third kappa shape index (κ3) is 4.25. The lowest BCUT2D eigenvalue weighted by Crippen LogP contribution is -2.52. The van der Waals surface area contributed by atoms with E-state index in [2.05, 4.69) is 18.3 Å². The molecule has 2 atom stereocenters. The molecule has 32 heavy (non-hydrogen) atoms. The van der Waals surface area contributed by atoms with Gasteiger partial charge in [-0.1, -0.05) is 42.4 Å². The lowest BCUT2D eigenvalue weighted by Gasteiger charge is -2.43. The molecular formula is C24H29Cl2N3O3. The number of amides is 1. The molecule has 0 fully saturated rings. The van der Waals surface area contributed by atoms with Crippen LogP contribution in [0.4, 0.5) is 0 Å². The van der Waals surface area contributed by atoms with Crippen LogP contribution in [0.1, 0.15) is 32.8 Å². The number of aryl methyl sites for hydroxylation is 1. The quantitative estimate of drug-likeness (QED) is 0.652. The van der Waals surface area contributed by atoms with Crippen LogP contribution in [0.25, 0.3) is 10.9 Å². The summed E-state index contributed by atoms with van der Waals surface area (Å²) in [5.41, 5.74) is 2.43. The van der Waals surface area contributed by atoms with Crippen molar-refractivity contribution >= 4 is 40.0 Å².